The van der Waals surface area contributed by atoms with Crippen LogP contribution in [0, 0.1) is 0 Å². The molecule has 0 unspecified atom stereocenters. The third kappa shape index (κ3) is 3.35. The molecule has 1 heterocycles. The third-order valence-corrected chi connectivity index (χ3v) is 4.39. The molecule has 0 aromatic heterocycles. The van der Waals surface area contributed by atoms with Crippen LogP contribution in [-0.4, -0.2) is 21.7 Å². The molecular formula is C19H19ClN2O2. The highest BCUT2D eigenvalue weighted by molar-refractivity contribution is 6.30. The number of halogens is 1. The fourth-order valence-electron chi connectivity index (χ4n) is 2.93. The first-order chi connectivity index (χ1) is 11.5. The molecule has 4 nitrogen and oxygen atoms in total. The minimum absolute atomic E-state index is 0.201. The van der Waals surface area contributed by atoms with Crippen LogP contribution in [0.1, 0.15) is 30.9 Å². The molecule has 0 saturated heterocycles. The van der Waals surface area contributed by atoms with Crippen molar-refractivity contribution in [2.24, 2.45) is 5.10 Å². The van der Waals surface area contributed by atoms with Crippen LogP contribution in [0.2, 0.25) is 5.02 Å². The number of amides is 1. The van der Waals surface area contributed by atoms with E-state index in [0.717, 1.165) is 11.3 Å². The summed E-state index contributed by atoms with van der Waals surface area (Å²) < 4.78 is 0. The Morgan fingerprint density at radius 2 is 1.88 bits per heavy atom. The van der Waals surface area contributed by atoms with Crippen molar-refractivity contribution in [3.8, 4) is 0 Å². The zero-order valence-corrected chi connectivity index (χ0v) is 14.2. The lowest BCUT2D eigenvalue weighted by atomic mass is 9.97. The minimum atomic E-state index is -1.44. The number of hydrogen-bond donors (Lipinski definition) is 1. The van der Waals surface area contributed by atoms with E-state index in [1.165, 1.54) is 5.01 Å². The van der Waals surface area contributed by atoms with Crippen LogP contribution in [0.25, 0.3) is 0 Å². The van der Waals surface area contributed by atoms with Crippen molar-refractivity contribution < 1.29 is 9.90 Å². The number of rotatable bonds is 4. The van der Waals surface area contributed by atoms with Gasteiger partial charge in [-0.3, -0.25) is 4.79 Å². The molecule has 0 saturated carbocycles. The Kier molecular flexibility index (Phi) is 4.69. The fourth-order valence-corrected chi connectivity index (χ4v) is 3.05. The quantitative estimate of drug-likeness (QED) is 0.920. The number of carbonyl (C=O) groups is 1. The van der Waals surface area contributed by atoms with Gasteiger partial charge in [-0.25, -0.2) is 0 Å². The van der Waals surface area contributed by atoms with E-state index in [1.807, 2.05) is 37.3 Å². The predicted molar refractivity (Wildman–Crippen MR) is 94.7 cm³/mol. The number of aryl methyl sites for hydroxylation is 1. The van der Waals surface area contributed by atoms with Gasteiger partial charge in [-0.2, -0.15) is 10.1 Å². The summed E-state index contributed by atoms with van der Waals surface area (Å²) in [5, 5.41) is 17.2. The van der Waals surface area contributed by atoms with Crippen molar-refractivity contribution in [2.75, 3.05) is 0 Å². The highest BCUT2D eigenvalue weighted by atomic mass is 35.5. The molecule has 5 heteroatoms. The van der Waals surface area contributed by atoms with Crippen molar-refractivity contribution in [1.29, 1.82) is 0 Å². The summed E-state index contributed by atoms with van der Waals surface area (Å²) in [5.41, 5.74) is 0.976. The fraction of sp³-hybridized carbons (Fsp3) is 0.263. The highest BCUT2D eigenvalue weighted by Gasteiger charge is 2.44. The lowest BCUT2D eigenvalue weighted by Crippen LogP contribution is -2.43. The average Bonchev–Trinajstić information content (AvgIpc) is 2.90. The van der Waals surface area contributed by atoms with E-state index in [0.29, 0.717) is 23.4 Å². The van der Waals surface area contributed by atoms with Crippen LogP contribution in [0.5, 0.6) is 0 Å². The second-order valence-electron chi connectivity index (χ2n) is 6.03. The van der Waals surface area contributed by atoms with Crippen molar-refractivity contribution in [1.82, 2.24) is 5.01 Å². The Morgan fingerprint density at radius 1 is 1.21 bits per heavy atom. The summed E-state index contributed by atoms with van der Waals surface area (Å²) in [6.45, 7) is 1.81. The molecule has 0 bridgehead atoms. The van der Waals surface area contributed by atoms with Crippen LogP contribution in [0.4, 0.5) is 0 Å². The molecule has 3 rings (SSSR count). The van der Waals surface area contributed by atoms with Crippen molar-refractivity contribution >= 4 is 23.2 Å². The van der Waals surface area contributed by atoms with Gasteiger partial charge in [-0.1, -0.05) is 54.1 Å². The van der Waals surface area contributed by atoms with Crippen LogP contribution < -0.4 is 0 Å². The van der Waals surface area contributed by atoms with E-state index >= 15 is 0 Å². The molecule has 124 valence electrons. The third-order valence-electron chi connectivity index (χ3n) is 4.14. The van der Waals surface area contributed by atoms with E-state index in [4.69, 9.17) is 11.6 Å². The zero-order valence-electron chi connectivity index (χ0n) is 13.4. The van der Waals surface area contributed by atoms with Gasteiger partial charge in [0.05, 0.1) is 0 Å². The highest BCUT2D eigenvalue weighted by Crippen LogP contribution is 2.36. The maximum Gasteiger partial charge on any atom is 0.245 e. The maximum atomic E-state index is 12.7. The van der Waals surface area contributed by atoms with Crippen molar-refractivity contribution in [3.05, 3.63) is 70.7 Å². The van der Waals surface area contributed by atoms with Gasteiger partial charge in [0.25, 0.3) is 0 Å². The van der Waals surface area contributed by atoms with Gasteiger partial charge < -0.3 is 5.11 Å². The minimum Gasteiger partial charge on any atom is -0.365 e. The second kappa shape index (κ2) is 6.75. The van der Waals surface area contributed by atoms with Crippen LogP contribution in [0.3, 0.4) is 0 Å². The first-order valence-corrected chi connectivity index (χ1v) is 8.26. The zero-order chi connectivity index (χ0) is 17.2. The van der Waals surface area contributed by atoms with Crippen molar-refractivity contribution in [3.63, 3.8) is 0 Å². The lowest BCUT2D eigenvalue weighted by molar-refractivity contribution is -0.157. The molecule has 0 fully saturated rings. The SMILES string of the molecule is CC1=NN(C(=O)CCc2ccccc2)[C@](O)(c2ccc(Cl)cc2)C1. The summed E-state index contributed by atoms with van der Waals surface area (Å²) in [5.74, 6) is -0.201. The van der Waals surface area contributed by atoms with Gasteiger partial charge in [0.15, 0.2) is 5.72 Å². The summed E-state index contributed by atoms with van der Waals surface area (Å²) in [4.78, 5) is 12.7. The number of carbonyl (C=O) groups excluding carboxylic acids is 1. The summed E-state index contributed by atoms with van der Waals surface area (Å²) >= 11 is 5.92. The van der Waals surface area contributed by atoms with E-state index in [9.17, 15) is 9.90 Å². The van der Waals surface area contributed by atoms with Crippen LogP contribution >= 0.6 is 11.6 Å². The van der Waals surface area contributed by atoms with Crippen LogP contribution in [-0.2, 0) is 16.9 Å². The topological polar surface area (TPSA) is 52.9 Å². The van der Waals surface area contributed by atoms with Gasteiger partial charge in [0, 0.05) is 29.1 Å². The summed E-state index contributed by atoms with van der Waals surface area (Å²) in [7, 11) is 0. The molecule has 0 aliphatic carbocycles. The predicted octanol–water partition coefficient (Wildman–Crippen LogP) is 3.73. The molecular weight excluding hydrogens is 324 g/mol. The first kappa shape index (κ1) is 16.7. The molecule has 24 heavy (non-hydrogen) atoms. The van der Waals surface area contributed by atoms with E-state index < -0.39 is 5.72 Å². The molecule has 0 radical (unpaired) electrons. The van der Waals surface area contributed by atoms with Gasteiger partial charge in [0.2, 0.25) is 5.91 Å². The standard InChI is InChI=1S/C19H19ClN2O2/c1-14-13-19(24,16-8-10-17(20)11-9-16)22(21-14)18(23)12-7-15-5-3-2-4-6-15/h2-6,8-11,24H,7,12-13H2,1H3/t19-/m1/s1. The normalized spacial score (nSPS) is 20.1. The van der Waals surface area contributed by atoms with Gasteiger partial charge in [0.1, 0.15) is 0 Å². The lowest BCUT2D eigenvalue weighted by Gasteiger charge is -2.31. The van der Waals surface area contributed by atoms with E-state index in [2.05, 4.69) is 5.10 Å². The van der Waals surface area contributed by atoms with E-state index in [-0.39, 0.29) is 12.3 Å². The largest absolute Gasteiger partial charge is 0.365 e. The Hall–Kier alpha value is -2.17. The number of hydrogen-bond acceptors (Lipinski definition) is 3. The van der Waals surface area contributed by atoms with Crippen molar-refractivity contribution in [2.45, 2.75) is 31.9 Å². The molecule has 2 aromatic rings. The van der Waals surface area contributed by atoms with Gasteiger partial charge >= 0.3 is 0 Å². The molecule has 2 aromatic carbocycles. The summed E-state index contributed by atoms with van der Waals surface area (Å²) in [6.07, 6.45) is 1.20. The smallest absolute Gasteiger partial charge is 0.245 e. The monoisotopic (exact) mass is 342 g/mol. The van der Waals surface area contributed by atoms with Gasteiger partial charge in [-0.05, 0) is 31.0 Å². The Balaban J connectivity index is 1.78. The Bertz CT molecular complexity index is 759. The number of hydrazone groups is 1. The molecule has 1 atom stereocenters. The number of nitrogens with zero attached hydrogens (tertiary/aromatic N) is 2. The molecule has 1 amide bonds. The van der Waals surface area contributed by atoms with Crippen LogP contribution in [0.15, 0.2) is 59.7 Å². The number of aliphatic hydroxyl groups is 1. The second-order valence-corrected chi connectivity index (χ2v) is 6.46. The molecule has 1 N–H and O–H groups in total. The Morgan fingerprint density at radius 3 is 2.54 bits per heavy atom. The Labute approximate surface area is 146 Å². The molecule has 0 spiro atoms. The maximum absolute atomic E-state index is 12.7. The first-order valence-electron chi connectivity index (χ1n) is 7.88. The number of benzene rings is 2. The molecule has 1 aliphatic rings. The molecule has 1 aliphatic heterocycles. The van der Waals surface area contributed by atoms with Gasteiger partial charge in [-0.15, -0.1) is 0 Å². The van der Waals surface area contributed by atoms with E-state index in [1.54, 1.807) is 24.3 Å². The average molecular weight is 343 g/mol. The summed E-state index contributed by atoms with van der Waals surface area (Å²) in [6, 6.07) is 16.7.